The Balaban J connectivity index is 2.31. The quantitative estimate of drug-likeness (QED) is 0.565. The van der Waals surface area contributed by atoms with Crippen molar-refractivity contribution in [2.75, 3.05) is 25.4 Å². The van der Waals surface area contributed by atoms with Crippen LogP contribution in [0.15, 0.2) is 12.2 Å². The molecule has 16 heavy (non-hydrogen) atoms. The maximum Gasteiger partial charge on any atom is 0.236 e. The average molecular weight is 266 g/mol. The Hall–Kier alpha value is -0.0600. The third kappa shape index (κ3) is 5.32. The fourth-order valence-electron chi connectivity index (χ4n) is 2.22. The Kier molecular flexibility index (Phi) is 5.28. The van der Waals surface area contributed by atoms with Crippen molar-refractivity contribution in [2.45, 2.75) is 26.2 Å². The Bertz CT molecular complexity index is 332. The SMILES string of the molecule is C=C(CC1CCN(CC)CC1)CS(=O)(=O)Cl. The summed E-state index contributed by atoms with van der Waals surface area (Å²) in [6, 6.07) is 0. The van der Waals surface area contributed by atoms with E-state index in [4.69, 9.17) is 10.7 Å². The van der Waals surface area contributed by atoms with Gasteiger partial charge in [0.05, 0.1) is 5.75 Å². The maximum atomic E-state index is 10.9. The molecule has 0 aromatic rings. The van der Waals surface area contributed by atoms with Gasteiger partial charge in [-0.05, 0) is 44.8 Å². The minimum absolute atomic E-state index is 0.0808. The molecule has 0 aromatic carbocycles. The summed E-state index contributed by atoms with van der Waals surface area (Å²) in [4.78, 5) is 2.41. The highest BCUT2D eigenvalue weighted by molar-refractivity contribution is 8.13. The number of likely N-dealkylation sites (tertiary alicyclic amines) is 1. The minimum atomic E-state index is -3.43. The lowest BCUT2D eigenvalue weighted by molar-refractivity contribution is 0.192. The standard InChI is InChI=1S/C11H20ClNO2S/c1-3-13-6-4-11(5-7-13)8-10(2)9-16(12,14)15/h11H,2-9H2,1H3. The molecule has 1 aliphatic heterocycles. The van der Waals surface area contributed by atoms with Crippen molar-refractivity contribution >= 4 is 19.7 Å². The first kappa shape index (κ1) is 14.0. The second-order valence-corrected chi connectivity index (χ2v) is 7.29. The number of hydrogen-bond donors (Lipinski definition) is 0. The van der Waals surface area contributed by atoms with Crippen molar-refractivity contribution in [3.8, 4) is 0 Å². The number of nitrogens with zero attached hydrogens (tertiary/aromatic N) is 1. The van der Waals surface area contributed by atoms with Crippen molar-refractivity contribution in [3.05, 3.63) is 12.2 Å². The molecule has 5 heteroatoms. The molecule has 0 amide bonds. The first-order valence-corrected chi connectivity index (χ1v) is 8.20. The number of piperidine rings is 1. The maximum absolute atomic E-state index is 10.9. The van der Waals surface area contributed by atoms with E-state index in [1.54, 1.807) is 0 Å². The molecule has 0 N–H and O–H groups in total. The smallest absolute Gasteiger partial charge is 0.236 e. The van der Waals surface area contributed by atoms with E-state index in [0.29, 0.717) is 5.92 Å². The average Bonchev–Trinajstić information content (AvgIpc) is 2.16. The zero-order valence-electron chi connectivity index (χ0n) is 9.78. The summed E-state index contributed by atoms with van der Waals surface area (Å²) >= 11 is 0. The van der Waals surface area contributed by atoms with Crippen LogP contribution >= 0.6 is 10.7 Å². The van der Waals surface area contributed by atoms with E-state index in [0.717, 1.165) is 44.5 Å². The fourth-order valence-corrected chi connectivity index (χ4v) is 3.29. The molecule has 0 bridgehead atoms. The van der Waals surface area contributed by atoms with E-state index in [-0.39, 0.29) is 5.75 Å². The van der Waals surface area contributed by atoms with Gasteiger partial charge in [-0.25, -0.2) is 8.42 Å². The van der Waals surface area contributed by atoms with Crippen LogP contribution in [-0.2, 0) is 9.05 Å². The van der Waals surface area contributed by atoms with Crippen molar-refractivity contribution in [2.24, 2.45) is 5.92 Å². The summed E-state index contributed by atoms with van der Waals surface area (Å²) in [6.45, 7) is 9.29. The van der Waals surface area contributed by atoms with Gasteiger partial charge in [-0.3, -0.25) is 0 Å². The van der Waals surface area contributed by atoms with Gasteiger partial charge in [0.2, 0.25) is 9.05 Å². The van der Waals surface area contributed by atoms with Crippen molar-refractivity contribution in [1.82, 2.24) is 4.90 Å². The third-order valence-corrected chi connectivity index (χ3v) is 4.19. The van der Waals surface area contributed by atoms with Crippen LogP contribution in [-0.4, -0.2) is 38.7 Å². The molecular formula is C11H20ClNO2S. The van der Waals surface area contributed by atoms with Gasteiger partial charge in [0.25, 0.3) is 0 Å². The highest BCUT2D eigenvalue weighted by Gasteiger charge is 2.19. The van der Waals surface area contributed by atoms with Gasteiger partial charge < -0.3 is 4.90 Å². The lowest BCUT2D eigenvalue weighted by Crippen LogP contribution is -2.33. The molecule has 3 nitrogen and oxygen atoms in total. The molecule has 0 aliphatic carbocycles. The number of hydrogen-bond acceptors (Lipinski definition) is 3. The lowest BCUT2D eigenvalue weighted by Gasteiger charge is -2.31. The van der Waals surface area contributed by atoms with Gasteiger partial charge in [0, 0.05) is 10.7 Å². The second kappa shape index (κ2) is 6.03. The number of halogens is 1. The first-order valence-electron chi connectivity index (χ1n) is 5.72. The third-order valence-electron chi connectivity index (χ3n) is 3.11. The van der Waals surface area contributed by atoms with Crippen LogP contribution in [0.3, 0.4) is 0 Å². The van der Waals surface area contributed by atoms with E-state index < -0.39 is 9.05 Å². The van der Waals surface area contributed by atoms with E-state index in [1.165, 1.54) is 0 Å². The van der Waals surface area contributed by atoms with Crippen LogP contribution in [0.25, 0.3) is 0 Å². The zero-order valence-corrected chi connectivity index (χ0v) is 11.4. The molecule has 1 rings (SSSR count). The summed E-state index contributed by atoms with van der Waals surface area (Å²) in [5.41, 5.74) is 0.741. The van der Waals surface area contributed by atoms with Crippen LogP contribution in [0.4, 0.5) is 0 Å². The Morgan fingerprint density at radius 3 is 2.44 bits per heavy atom. The van der Waals surface area contributed by atoms with E-state index >= 15 is 0 Å². The van der Waals surface area contributed by atoms with Crippen LogP contribution in [0.5, 0.6) is 0 Å². The van der Waals surface area contributed by atoms with Crippen molar-refractivity contribution in [3.63, 3.8) is 0 Å². The van der Waals surface area contributed by atoms with Gasteiger partial charge in [-0.15, -0.1) is 0 Å². The molecule has 0 aromatic heterocycles. The molecule has 94 valence electrons. The zero-order chi connectivity index (χ0) is 12.2. The lowest BCUT2D eigenvalue weighted by atomic mass is 9.91. The van der Waals surface area contributed by atoms with E-state index in [2.05, 4.69) is 18.4 Å². The predicted molar refractivity (Wildman–Crippen MR) is 68.2 cm³/mol. The monoisotopic (exact) mass is 265 g/mol. The Labute approximate surface area is 103 Å². The Morgan fingerprint density at radius 2 is 2.00 bits per heavy atom. The number of rotatable bonds is 5. The van der Waals surface area contributed by atoms with E-state index in [9.17, 15) is 8.42 Å². The van der Waals surface area contributed by atoms with Crippen molar-refractivity contribution in [1.29, 1.82) is 0 Å². The van der Waals surface area contributed by atoms with Gasteiger partial charge in [0.1, 0.15) is 0 Å². The molecule has 1 fully saturated rings. The first-order chi connectivity index (χ1) is 7.40. The molecule has 0 spiro atoms. The molecule has 0 atom stereocenters. The molecule has 0 unspecified atom stereocenters. The molecule has 0 saturated carbocycles. The topological polar surface area (TPSA) is 37.4 Å². The molecule has 1 heterocycles. The highest BCUT2D eigenvalue weighted by atomic mass is 35.7. The summed E-state index contributed by atoms with van der Waals surface area (Å²) in [7, 11) is 1.77. The largest absolute Gasteiger partial charge is 0.304 e. The van der Waals surface area contributed by atoms with E-state index in [1.807, 2.05) is 0 Å². The van der Waals surface area contributed by atoms with Crippen LogP contribution in [0.2, 0.25) is 0 Å². The fraction of sp³-hybridized carbons (Fsp3) is 0.818. The van der Waals surface area contributed by atoms with Crippen LogP contribution in [0.1, 0.15) is 26.2 Å². The normalized spacial score (nSPS) is 19.9. The Morgan fingerprint density at radius 1 is 1.44 bits per heavy atom. The summed E-state index contributed by atoms with van der Waals surface area (Å²) < 4.78 is 21.8. The molecular weight excluding hydrogens is 246 g/mol. The summed E-state index contributed by atoms with van der Waals surface area (Å²) in [5.74, 6) is 0.497. The summed E-state index contributed by atoms with van der Waals surface area (Å²) in [5, 5.41) is 0. The predicted octanol–water partition coefficient (Wildman–Crippen LogP) is 2.23. The van der Waals surface area contributed by atoms with Gasteiger partial charge in [-0.1, -0.05) is 19.1 Å². The minimum Gasteiger partial charge on any atom is -0.304 e. The van der Waals surface area contributed by atoms with Gasteiger partial charge in [0.15, 0.2) is 0 Å². The summed E-state index contributed by atoms with van der Waals surface area (Å²) in [6.07, 6.45) is 3.06. The molecule has 0 radical (unpaired) electrons. The molecule has 1 saturated heterocycles. The van der Waals surface area contributed by atoms with Crippen LogP contribution < -0.4 is 0 Å². The van der Waals surface area contributed by atoms with Gasteiger partial charge >= 0.3 is 0 Å². The second-order valence-electron chi connectivity index (χ2n) is 4.51. The van der Waals surface area contributed by atoms with Crippen LogP contribution in [0, 0.1) is 5.92 Å². The van der Waals surface area contributed by atoms with Crippen molar-refractivity contribution < 1.29 is 8.42 Å². The van der Waals surface area contributed by atoms with Gasteiger partial charge in [-0.2, -0.15) is 0 Å². The molecule has 1 aliphatic rings. The highest BCUT2D eigenvalue weighted by Crippen LogP contribution is 2.24.